The van der Waals surface area contributed by atoms with Crippen LogP contribution in [0.4, 0.5) is 8.78 Å². The van der Waals surface area contributed by atoms with Crippen LogP contribution in [0.2, 0.25) is 0 Å². The van der Waals surface area contributed by atoms with E-state index in [4.69, 9.17) is 0 Å². The van der Waals surface area contributed by atoms with E-state index in [0.29, 0.717) is 15.4 Å². The van der Waals surface area contributed by atoms with Crippen molar-refractivity contribution in [3.05, 3.63) is 38.3 Å². The van der Waals surface area contributed by atoms with Gasteiger partial charge in [0.15, 0.2) is 0 Å². The summed E-state index contributed by atoms with van der Waals surface area (Å²) < 4.78 is 27.2. The fourth-order valence-corrected chi connectivity index (χ4v) is 1.69. The Morgan fingerprint density at radius 3 is 2.36 bits per heavy atom. The molecular formula is C10H8Br2F2. The Hall–Kier alpha value is -0.220. The first-order valence-corrected chi connectivity index (χ1v) is 5.64. The minimum absolute atomic E-state index is 0.288. The molecule has 0 atom stereocenters. The average Bonchev–Trinajstić information content (AvgIpc) is 2.11. The van der Waals surface area contributed by atoms with E-state index < -0.39 is 5.82 Å². The van der Waals surface area contributed by atoms with Gasteiger partial charge in [-0.25, -0.2) is 8.78 Å². The molecule has 1 rings (SSSR count). The second-order valence-corrected chi connectivity index (χ2v) is 5.48. The van der Waals surface area contributed by atoms with E-state index in [2.05, 4.69) is 31.9 Å². The van der Waals surface area contributed by atoms with Crippen LogP contribution in [0, 0.1) is 11.6 Å². The molecule has 0 aromatic heterocycles. The first-order valence-electron chi connectivity index (χ1n) is 4.05. The molecule has 0 heterocycles. The third-order valence-electron chi connectivity index (χ3n) is 1.85. The smallest absolute Gasteiger partial charge is 0.130 e. The fourth-order valence-electron chi connectivity index (χ4n) is 1.23. The fraction of sp³-hybridized carbons (Fsp3) is 0.200. The topological polar surface area (TPSA) is 0 Å². The van der Waals surface area contributed by atoms with Gasteiger partial charge in [0.05, 0.1) is 3.39 Å². The van der Waals surface area contributed by atoms with Crippen LogP contribution in [0.5, 0.6) is 0 Å². The van der Waals surface area contributed by atoms with Gasteiger partial charge in [0.1, 0.15) is 11.6 Å². The normalized spacial score (nSPS) is 10.1. The zero-order valence-electron chi connectivity index (χ0n) is 7.45. The van der Waals surface area contributed by atoms with E-state index in [9.17, 15) is 8.78 Å². The van der Waals surface area contributed by atoms with Crippen molar-refractivity contribution in [2.75, 3.05) is 0 Å². The molecule has 0 saturated heterocycles. The number of hydrogen-bond donors (Lipinski definition) is 0. The zero-order valence-corrected chi connectivity index (χ0v) is 10.6. The predicted molar refractivity (Wildman–Crippen MR) is 61.6 cm³/mol. The molecule has 0 aliphatic heterocycles. The lowest BCUT2D eigenvalue weighted by atomic mass is 10.0. The summed E-state index contributed by atoms with van der Waals surface area (Å²) in [4.78, 5) is 0. The first kappa shape index (κ1) is 11.9. The summed E-state index contributed by atoms with van der Waals surface area (Å²) in [7, 11) is 0. The molecule has 0 aliphatic rings. The maximum Gasteiger partial charge on any atom is 0.130 e. The van der Waals surface area contributed by atoms with Crippen molar-refractivity contribution in [1.29, 1.82) is 0 Å². The monoisotopic (exact) mass is 324 g/mol. The predicted octanol–water partition coefficient (Wildman–Crippen LogP) is 4.62. The Kier molecular flexibility index (Phi) is 4.26. The lowest BCUT2D eigenvalue weighted by Gasteiger charge is -2.06. The van der Waals surface area contributed by atoms with E-state index in [1.165, 1.54) is 6.08 Å². The molecule has 0 N–H and O–H groups in total. The molecular weight excluding hydrogens is 318 g/mol. The third-order valence-corrected chi connectivity index (χ3v) is 2.31. The number of rotatable bonds is 2. The largest absolute Gasteiger partial charge is 0.207 e. The van der Waals surface area contributed by atoms with Gasteiger partial charge < -0.3 is 0 Å². The second-order valence-electron chi connectivity index (χ2n) is 2.71. The summed E-state index contributed by atoms with van der Waals surface area (Å²) in [6, 6.07) is 2.27. The van der Waals surface area contributed by atoms with Crippen molar-refractivity contribution in [3.63, 3.8) is 0 Å². The summed E-state index contributed by atoms with van der Waals surface area (Å²) in [5, 5.41) is 0. The van der Waals surface area contributed by atoms with Gasteiger partial charge in [0, 0.05) is 5.56 Å². The van der Waals surface area contributed by atoms with Crippen molar-refractivity contribution in [2.45, 2.75) is 13.3 Å². The van der Waals surface area contributed by atoms with Crippen LogP contribution >= 0.6 is 31.9 Å². The van der Waals surface area contributed by atoms with E-state index in [1.54, 1.807) is 6.92 Å². The number of hydrogen-bond acceptors (Lipinski definition) is 0. The minimum Gasteiger partial charge on any atom is -0.207 e. The Morgan fingerprint density at radius 1 is 1.29 bits per heavy atom. The van der Waals surface area contributed by atoms with Gasteiger partial charge in [0.25, 0.3) is 0 Å². The molecule has 0 unspecified atom stereocenters. The second kappa shape index (κ2) is 5.03. The van der Waals surface area contributed by atoms with Crippen LogP contribution in [0.3, 0.4) is 0 Å². The van der Waals surface area contributed by atoms with E-state index >= 15 is 0 Å². The van der Waals surface area contributed by atoms with Gasteiger partial charge in [-0.2, -0.15) is 0 Å². The van der Waals surface area contributed by atoms with E-state index in [-0.39, 0.29) is 11.4 Å². The van der Waals surface area contributed by atoms with Crippen molar-refractivity contribution in [2.24, 2.45) is 0 Å². The zero-order chi connectivity index (χ0) is 10.7. The highest BCUT2D eigenvalue weighted by molar-refractivity contribution is 9.28. The van der Waals surface area contributed by atoms with Gasteiger partial charge in [-0.3, -0.25) is 0 Å². The Labute approximate surface area is 98.3 Å². The van der Waals surface area contributed by atoms with Gasteiger partial charge in [-0.05, 0) is 62.1 Å². The molecule has 14 heavy (non-hydrogen) atoms. The van der Waals surface area contributed by atoms with E-state index in [1.807, 2.05) is 0 Å². The first-order chi connectivity index (χ1) is 6.56. The summed E-state index contributed by atoms with van der Waals surface area (Å²) in [6.45, 7) is 1.79. The minimum atomic E-state index is -0.417. The molecule has 0 bridgehead atoms. The van der Waals surface area contributed by atoms with Gasteiger partial charge in [-0.15, -0.1) is 0 Å². The number of benzene rings is 1. The van der Waals surface area contributed by atoms with Crippen LogP contribution in [-0.4, -0.2) is 0 Å². The van der Waals surface area contributed by atoms with Crippen LogP contribution in [0.25, 0.3) is 6.08 Å². The molecule has 0 radical (unpaired) electrons. The molecule has 0 saturated carbocycles. The lowest BCUT2D eigenvalue weighted by molar-refractivity contribution is 0.585. The van der Waals surface area contributed by atoms with Gasteiger partial charge >= 0.3 is 0 Å². The third kappa shape index (κ3) is 2.64. The molecule has 4 heteroatoms. The quantitative estimate of drug-likeness (QED) is 0.744. The highest BCUT2D eigenvalue weighted by Crippen LogP contribution is 2.24. The molecule has 0 spiro atoms. The maximum absolute atomic E-state index is 13.3. The van der Waals surface area contributed by atoms with Crippen LogP contribution in [0.1, 0.15) is 18.1 Å². The summed E-state index contributed by atoms with van der Waals surface area (Å²) in [5.74, 6) is -0.791. The molecule has 0 nitrogen and oxygen atoms in total. The van der Waals surface area contributed by atoms with Crippen molar-refractivity contribution in [1.82, 2.24) is 0 Å². The van der Waals surface area contributed by atoms with Gasteiger partial charge in [-0.1, -0.05) is 6.92 Å². The van der Waals surface area contributed by atoms with Crippen LogP contribution < -0.4 is 0 Å². The van der Waals surface area contributed by atoms with E-state index in [0.717, 1.165) is 12.1 Å². The Balaban J connectivity index is 3.37. The number of halogens is 4. The standard InChI is InChI=1S/C10H8Br2F2/c1-2-6-7(5-10(11)12)9(14)4-3-8(6)13/h3-5H,2H2,1H3. The Bertz CT molecular complexity index is 369. The van der Waals surface area contributed by atoms with Crippen LogP contribution in [0.15, 0.2) is 15.5 Å². The molecule has 0 fully saturated rings. The van der Waals surface area contributed by atoms with Crippen molar-refractivity contribution < 1.29 is 8.78 Å². The summed E-state index contributed by atoms with van der Waals surface area (Å²) in [5.41, 5.74) is 0.678. The molecule has 0 amide bonds. The molecule has 0 aliphatic carbocycles. The average molecular weight is 326 g/mol. The summed E-state index contributed by atoms with van der Waals surface area (Å²) >= 11 is 6.24. The maximum atomic E-state index is 13.3. The van der Waals surface area contributed by atoms with Crippen LogP contribution in [-0.2, 0) is 6.42 Å². The molecule has 76 valence electrons. The Morgan fingerprint density at radius 2 is 1.86 bits per heavy atom. The highest BCUT2D eigenvalue weighted by atomic mass is 79.9. The molecule has 1 aromatic carbocycles. The highest BCUT2D eigenvalue weighted by Gasteiger charge is 2.10. The SMILES string of the molecule is CCc1c(F)ccc(F)c1C=C(Br)Br. The molecule has 1 aromatic rings. The lowest BCUT2D eigenvalue weighted by Crippen LogP contribution is -1.95. The van der Waals surface area contributed by atoms with Gasteiger partial charge in [0.2, 0.25) is 0 Å². The van der Waals surface area contributed by atoms with Crippen molar-refractivity contribution in [3.8, 4) is 0 Å². The van der Waals surface area contributed by atoms with Crippen molar-refractivity contribution >= 4 is 37.9 Å². The summed E-state index contributed by atoms with van der Waals surface area (Å²) in [6.07, 6.45) is 1.97.